The number of rotatable bonds is 1. The van der Waals surface area contributed by atoms with E-state index in [2.05, 4.69) is 22.1 Å². The minimum Gasteiger partial charge on any atom is -0.319 e. The Morgan fingerprint density at radius 3 is 3.00 bits per heavy atom. The molecule has 1 aromatic carbocycles. The fourth-order valence-corrected chi connectivity index (χ4v) is 2.65. The van der Waals surface area contributed by atoms with E-state index in [1.165, 1.54) is 16.3 Å². The van der Waals surface area contributed by atoms with Gasteiger partial charge in [-0.15, -0.1) is 11.3 Å². The summed E-state index contributed by atoms with van der Waals surface area (Å²) in [5, 5.41) is 3.23. The largest absolute Gasteiger partial charge is 0.319 e. The second-order valence-electron chi connectivity index (χ2n) is 3.45. The highest BCUT2D eigenvalue weighted by molar-refractivity contribution is 7.17. The summed E-state index contributed by atoms with van der Waals surface area (Å²) < 4.78 is 1.17. The molecule has 78 valence electrons. The number of H-pyrrole nitrogens is 1. The Morgan fingerprint density at radius 2 is 2.12 bits per heavy atom. The van der Waals surface area contributed by atoms with Gasteiger partial charge in [0.05, 0.1) is 18.1 Å². The molecular formula is C12H8N2OS. The van der Waals surface area contributed by atoms with Gasteiger partial charge in [0.2, 0.25) is 0 Å². The quantitative estimate of drug-likeness (QED) is 0.696. The van der Waals surface area contributed by atoms with Gasteiger partial charge in [0.25, 0.3) is 5.56 Å². The van der Waals surface area contributed by atoms with E-state index in [-0.39, 0.29) is 5.56 Å². The molecule has 3 rings (SSSR count). The van der Waals surface area contributed by atoms with Gasteiger partial charge < -0.3 is 4.98 Å². The number of nitrogens with zero attached hydrogens (tertiary/aromatic N) is 1. The van der Waals surface area contributed by atoms with Gasteiger partial charge in [-0.05, 0) is 16.8 Å². The second kappa shape index (κ2) is 3.57. The van der Waals surface area contributed by atoms with E-state index in [1.54, 1.807) is 17.5 Å². The molecule has 0 saturated carbocycles. The topological polar surface area (TPSA) is 45.8 Å². The van der Waals surface area contributed by atoms with Crippen molar-refractivity contribution >= 4 is 21.4 Å². The number of hydrogen-bond acceptors (Lipinski definition) is 3. The first-order valence-corrected chi connectivity index (χ1v) is 5.73. The van der Waals surface area contributed by atoms with Crippen LogP contribution in [-0.2, 0) is 0 Å². The predicted molar refractivity (Wildman–Crippen MR) is 65.7 cm³/mol. The lowest BCUT2D eigenvalue weighted by atomic mass is 10.1. The molecule has 0 aliphatic carbocycles. The highest BCUT2D eigenvalue weighted by atomic mass is 32.1. The lowest BCUT2D eigenvalue weighted by Crippen LogP contribution is -2.05. The van der Waals surface area contributed by atoms with Crippen LogP contribution in [0.4, 0.5) is 0 Å². The maximum Gasteiger partial charge on any atom is 0.266 e. The molecule has 0 aliphatic heterocycles. The summed E-state index contributed by atoms with van der Waals surface area (Å²) in [6.45, 7) is 0. The van der Waals surface area contributed by atoms with Crippen LogP contribution in [0.15, 0.2) is 46.8 Å². The van der Waals surface area contributed by atoms with Crippen LogP contribution in [0.3, 0.4) is 0 Å². The van der Waals surface area contributed by atoms with Gasteiger partial charge in [-0.25, -0.2) is 0 Å². The third-order valence-electron chi connectivity index (χ3n) is 2.42. The van der Waals surface area contributed by atoms with E-state index in [1.807, 2.05) is 17.5 Å². The average molecular weight is 228 g/mol. The molecule has 0 unspecified atom stereocenters. The second-order valence-corrected chi connectivity index (χ2v) is 4.37. The first kappa shape index (κ1) is 9.30. The minimum atomic E-state index is -0.175. The van der Waals surface area contributed by atoms with E-state index >= 15 is 0 Å². The van der Waals surface area contributed by atoms with Crippen molar-refractivity contribution < 1.29 is 0 Å². The molecule has 16 heavy (non-hydrogen) atoms. The van der Waals surface area contributed by atoms with Crippen LogP contribution >= 0.6 is 11.3 Å². The van der Waals surface area contributed by atoms with Crippen molar-refractivity contribution in [2.24, 2.45) is 0 Å². The number of fused-ring (bicyclic) bond motifs is 1. The van der Waals surface area contributed by atoms with Gasteiger partial charge >= 0.3 is 0 Å². The summed E-state index contributed by atoms with van der Waals surface area (Å²) in [6, 6.07) is 8.10. The van der Waals surface area contributed by atoms with Crippen molar-refractivity contribution in [3.05, 3.63) is 52.4 Å². The zero-order valence-corrected chi connectivity index (χ0v) is 9.12. The predicted octanol–water partition coefficient (Wildman–Crippen LogP) is 2.65. The summed E-state index contributed by atoms with van der Waals surface area (Å²) in [6.07, 6.45) is 2.95. The van der Waals surface area contributed by atoms with Gasteiger partial charge in [-0.2, -0.15) is 0 Å². The van der Waals surface area contributed by atoms with Crippen molar-refractivity contribution in [1.82, 2.24) is 9.97 Å². The van der Waals surface area contributed by atoms with Crippen molar-refractivity contribution in [1.29, 1.82) is 0 Å². The number of aromatic nitrogens is 2. The molecule has 0 bridgehead atoms. The lowest BCUT2D eigenvalue weighted by molar-refractivity contribution is 1.15. The summed E-state index contributed by atoms with van der Waals surface area (Å²) >= 11 is 1.66. The molecule has 1 N–H and O–H groups in total. The van der Waals surface area contributed by atoms with Crippen LogP contribution in [0.1, 0.15) is 0 Å². The summed E-state index contributed by atoms with van der Waals surface area (Å²) in [5.41, 5.74) is 1.62. The minimum absolute atomic E-state index is 0.175. The summed E-state index contributed by atoms with van der Waals surface area (Å²) in [7, 11) is 0. The Bertz CT molecular complexity index is 699. The molecular weight excluding hydrogens is 220 g/mol. The zero-order valence-electron chi connectivity index (χ0n) is 8.31. The van der Waals surface area contributed by atoms with E-state index in [4.69, 9.17) is 0 Å². The van der Waals surface area contributed by atoms with E-state index in [0.29, 0.717) is 0 Å². The average Bonchev–Trinajstić information content (AvgIpc) is 2.76. The van der Waals surface area contributed by atoms with Crippen LogP contribution in [0.2, 0.25) is 0 Å². The number of hydrogen-bond donors (Lipinski definition) is 1. The van der Waals surface area contributed by atoms with Crippen molar-refractivity contribution in [3.8, 4) is 11.3 Å². The molecule has 0 amide bonds. The maximum atomic E-state index is 11.2. The molecule has 3 nitrogen and oxygen atoms in total. The van der Waals surface area contributed by atoms with Crippen LogP contribution < -0.4 is 5.56 Å². The van der Waals surface area contributed by atoms with Crippen molar-refractivity contribution in [2.45, 2.75) is 0 Å². The standard InChI is InChI=1S/C12H8N2OS/c15-11-7-13-6-10(14-11)9-3-1-2-8-4-5-16-12(8)9/h1-7H,(H,14,15). The Labute approximate surface area is 95.4 Å². The van der Waals surface area contributed by atoms with Crippen LogP contribution in [0.25, 0.3) is 21.3 Å². The van der Waals surface area contributed by atoms with Crippen LogP contribution in [-0.4, -0.2) is 9.97 Å². The van der Waals surface area contributed by atoms with Crippen LogP contribution in [0.5, 0.6) is 0 Å². The Balaban J connectivity index is 2.33. The first-order valence-electron chi connectivity index (χ1n) is 4.85. The SMILES string of the molecule is O=c1cncc(-c2cccc3ccsc23)[nH]1. The monoisotopic (exact) mass is 228 g/mol. The molecule has 0 saturated heterocycles. The van der Waals surface area contributed by atoms with Gasteiger partial charge in [-0.1, -0.05) is 18.2 Å². The highest BCUT2D eigenvalue weighted by Crippen LogP contribution is 2.30. The molecule has 0 aliphatic rings. The van der Waals surface area contributed by atoms with Crippen molar-refractivity contribution in [2.75, 3.05) is 0 Å². The normalized spacial score (nSPS) is 10.8. The molecule has 0 atom stereocenters. The van der Waals surface area contributed by atoms with Gasteiger partial charge in [0.15, 0.2) is 0 Å². The molecule has 3 aromatic rings. The van der Waals surface area contributed by atoms with Crippen molar-refractivity contribution in [3.63, 3.8) is 0 Å². The van der Waals surface area contributed by atoms with Gasteiger partial charge in [0, 0.05) is 10.3 Å². The molecule has 0 radical (unpaired) electrons. The van der Waals surface area contributed by atoms with Gasteiger partial charge in [0.1, 0.15) is 0 Å². The highest BCUT2D eigenvalue weighted by Gasteiger charge is 2.05. The number of thiophene rings is 1. The molecule has 2 heterocycles. The van der Waals surface area contributed by atoms with Gasteiger partial charge in [-0.3, -0.25) is 9.78 Å². The maximum absolute atomic E-state index is 11.2. The van der Waals surface area contributed by atoms with E-state index in [0.717, 1.165) is 11.3 Å². The van der Waals surface area contributed by atoms with Crippen LogP contribution in [0, 0.1) is 0 Å². The first-order chi connectivity index (χ1) is 7.84. The smallest absolute Gasteiger partial charge is 0.266 e. The molecule has 4 heteroatoms. The molecule has 0 fully saturated rings. The zero-order chi connectivity index (χ0) is 11.0. The summed E-state index contributed by atoms with van der Waals surface area (Å²) in [5.74, 6) is 0. The molecule has 2 aromatic heterocycles. The third-order valence-corrected chi connectivity index (χ3v) is 3.39. The Hall–Kier alpha value is -1.94. The fourth-order valence-electron chi connectivity index (χ4n) is 1.72. The number of aromatic amines is 1. The molecule has 0 spiro atoms. The Kier molecular flexibility index (Phi) is 2.08. The van der Waals surface area contributed by atoms with E-state index < -0.39 is 0 Å². The number of benzene rings is 1. The Morgan fingerprint density at radius 1 is 1.19 bits per heavy atom. The van der Waals surface area contributed by atoms with E-state index in [9.17, 15) is 4.79 Å². The number of nitrogens with one attached hydrogen (secondary N) is 1. The fraction of sp³-hybridized carbons (Fsp3) is 0. The third kappa shape index (κ3) is 1.44. The summed E-state index contributed by atoms with van der Waals surface area (Å²) in [4.78, 5) is 17.9. The lowest BCUT2D eigenvalue weighted by Gasteiger charge is -2.01.